The summed E-state index contributed by atoms with van der Waals surface area (Å²) >= 11 is 0. The second-order valence-corrected chi connectivity index (χ2v) is 3.63. The number of Topliss-reactive ketones (excluding diaryl/α,β-unsaturated/α-hetero) is 1. The smallest absolute Gasteiger partial charge is 0.377 e. The van der Waals surface area contributed by atoms with E-state index < -0.39 is 11.8 Å². The Morgan fingerprint density at radius 3 is 2.53 bits per heavy atom. The molecule has 0 bridgehead atoms. The summed E-state index contributed by atoms with van der Waals surface area (Å²) in [7, 11) is 1.41. The van der Waals surface area contributed by atoms with Gasteiger partial charge in [-0.3, -0.25) is 9.59 Å². The first kappa shape index (κ1) is 14.4. The molecular formula is C13H13NO5. The molecule has 19 heavy (non-hydrogen) atoms. The molecule has 100 valence electrons. The molecule has 0 aromatic heterocycles. The summed E-state index contributed by atoms with van der Waals surface area (Å²) in [5, 5.41) is 11.4. The van der Waals surface area contributed by atoms with E-state index in [1.807, 2.05) is 0 Å². The molecule has 0 aliphatic heterocycles. The van der Waals surface area contributed by atoms with Crippen LogP contribution in [0.3, 0.4) is 0 Å². The molecule has 0 atom stereocenters. The number of hydrogen-bond donors (Lipinski definition) is 2. The van der Waals surface area contributed by atoms with Crippen molar-refractivity contribution < 1.29 is 24.2 Å². The van der Waals surface area contributed by atoms with Gasteiger partial charge in [0.15, 0.2) is 5.78 Å². The number of nitrogens with one attached hydrogen (secondary N) is 1. The van der Waals surface area contributed by atoms with Crippen LogP contribution in [0.1, 0.15) is 17.3 Å². The molecule has 1 rings (SSSR count). The number of carbonyl (C=O) groups excluding carboxylic acids is 2. The van der Waals surface area contributed by atoms with E-state index in [9.17, 15) is 14.4 Å². The van der Waals surface area contributed by atoms with Gasteiger partial charge in [-0.15, -0.1) is 0 Å². The number of methoxy groups -OCH3 is 1. The van der Waals surface area contributed by atoms with E-state index in [0.717, 1.165) is 0 Å². The van der Waals surface area contributed by atoms with Gasteiger partial charge < -0.3 is 15.2 Å². The monoisotopic (exact) mass is 263 g/mol. The fourth-order valence-electron chi connectivity index (χ4n) is 1.33. The second-order valence-electron chi connectivity index (χ2n) is 3.63. The molecular weight excluding hydrogens is 250 g/mol. The lowest BCUT2D eigenvalue weighted by molar-refractivity contribution is -0.131. The van der Waals surface area contributed by atoms with E-state index in [2.05, 4.69) is 5.32 Å². The fraction of sp³-hybridized carbons (Fsp3) is 0.154. The van der Waals surface area contributed by atoms with E-state index >= 15 is 0 Å². The topological polar surface area (TPSA) is 92.7 Å². The maximum atomic E-state index is 11.5. The van der Waals surface area contributed by atoms with Crippen molar-refractivity contribution in [2.24, 2.45) is 0 Å². The first-order valence-electron chi connectivity index (χ1n) is 5.35. The molecule has 0 unspecified atom stereocenters. The number of carbonyl (C=O) groups is 3. The second kappa shape index (κ2) is 6.34. The van der Waals surface area contributed by atoms with Crippen molar-refractivity contribution in [2.75, 3.05) is 12.4 Å². The largest absolute Gasteiger partial charge is 0.497 e. The van der Waals surface area contributed by atoms with Crippen molar-refractivity contribution in [3.05, 3.63) is 36.0 Å². The zero-order valence-electron chi connectivity index (χ0n) is 10.5. The van der Waals surface area contributed by atoms with Crippen LogP contribution < -0.4 is 10.1 Å². The van der Waals surface area contributed by atoms with E-state index in [1.54, 1.807) is 6.07 Å². The van der Waals surface area contributed by atoms with Gasteiger partial charge in [0, 0.05) is 11.9 Å². The molecule has 1 aromatic rings. The number of hydrogen-bond acceptors (Lipinski definition) is 5. The van der Waals surface area contributed by atoms with Gasteiger partial charge in [0.2, 0.25) is 0 Å². The van der Waals surface area contributed by atoms with Crippen LogP contribution in [-0.2, 0) is 9.59 Å². The number of allylic oxidation sites excluding steroid dienone is 1. The van der Waals surface area contributed by atoms with Crippen molar-refractivity contribution in [1.29, 1.82) is 0 Å². The number of rotatable bonds is 6. The van der Waals surface area contributed by atoms with Crippen molar-refractivity contribution in [3.8, 4) is 5.75 Å². The van der Waals surface area contributed by atoms with E-state index in [0.29, 0.717) is 5.75 Å². The Kier molecular flexibility index (Phi) is 4.82. The van der Waals surface area contributed by atoms with Crippen LogP contribution in [0.25, 0.3) is 0 Å². The molecule has 0 radical (unpaired) electrons. The number of aliphatic carboxylic acids is 1. The van der Waals surface area contributed by atoms with Crippen LogP contribution in [0.5, 0.6) is 5.75 Å². The van der Waals surface area contributed by atoms with Crippen LogP contribution >= 0.6 is 0 Å². The Labute approximate surface area is 109 Å². The van der Waals surface area contributed by atoms with Crippen LogP contribution in [0.2, 0.25) is 0 Å². The third kappa shape index (κ3) is 3.95. The van der Waals surface area contributed by atoms with Gasteiger partial charge in [0.1, 0.15) is 5.75 Å². The molecule has 0 aliphatic rings. The summed E-state index contributed by atoms with van der Waals surface area (Å²) in [6.07, 6.45) is 2.60. The minimum atomic E-state index is -1.56. The molecule has 0 amide bonds. The van der Waals surface area contributed by atoms with Crippen molar-refractivity contribution >= 4 is 23.2 Å². The quantitative estimate of drug-likeness (QED) is 0.458. The standard InChI is InChI=1S/C13H13NO5/c1-8(15)5-6-14-11-4-3-9(19-2)7-10(11)12(16)13(17)18/h3-7,14H,1-2H3,(H,17,18)/b6-5+. The molecule has 1 aromatic carbocycles. The number of anilines is 1. The Morgan fingerprint density at radius 2 is 2.00 bits per heavy atom. The van der Waals surface area contributed by atoms with Gasteiger partial charge in [0.05, 0.1) is 12.7 Å². The van der Waals surface area contributed by atoms with Gasteiger partial charge in [-0.1, -0.05) is 0 Å². The Balaban J connectivity index is 3.12. The molecule has 6 heteroatoms. The summed E-state index contributed by atoms with van der Waals surface area (Å²) in [5.74, 6) is -2.43. The third-order valence-electron chi connectivity index (χ3n) is 2.22. The van der Waals surface area contributed by atoms with Crippen LogP contribution in [0.4, 0.5) is 5.69 Å². The minimum Gasteiger partial charge on any atom is -0.497 e. The summed E-state index contributed by atoms with van der Waals surface area (Å²) in [4.78, 5) is 33.0. The average molecular weight is 263 g/mol. The highest BCUT2D eigenvalue weighted by Crippen LogP contribution is 2.22. The molecule has 0 spiro atoms. The summed E-state index contributed by atoms with van der Waals surface area (Å²) < 4.78 is 4.94. The van der Waals surface area contributed by atoms with E-state index in [4.69, 9.17) is 9.84 Å². The SMILES string of the molecule is COc1ccc(N/C=C/C(C)=O)c(C(=O)C(=O)O)c1. The molecule has 0 saturated carbocycles. The lowest BCUT2D eigenvalue weighted by atomic mass is 10.1. The predicted octanol–water partition coefficient (Wildman–Crippen LogP) is 1.48. The van der Waals surface area contributed by atoms with Gasteiger partial charge in [-0.05, 0) is 31.2 Å². The predicted molar refractivity (Wildman–Crippen MR) is 68.4 cm³/mol. The zero-order valence-corrected chi connectivity index (χ0v) is 10.5. The Morgan fingerprint density at radius 1 is 1.32 bits per heavy atom. The molecule has 6 nitrogen and oxygen atoms in total. The summed E-state index contributed by atoms with van der Waals surface area (Å²) in [5.41, 5.74) is 0.241. The minimum absolute atomic E-state index is 0.0416. The lowest BCUT2D eigenvalue weighted by Crippen LogP contribution is -2.14. The summed E-state index contributed by atoms with van der Waals surface area (Å²) in [6, 6.07) is 4.39. The zero-order chi connectivity index (χ0) is 14.4. The molecule has 0 aliphatic carbocycles. The number of carboxylic acids is 1. The summed E-state index contributed by atoms with van der Waals surface area (Å²) in [6.45, 7) is 1.37. The Hall–Kier alpha value is -2.63. The fourth-order valence-corrected chi connectivity index (χ4v) is 1.33. The van der Waals surface area contributed by atoms with Gasteiger partial charge in [-0.2, -0.15) is 0 Å². The normalized spacial score (nSPS) is 10.2. The molecule has 0 saturated heterocycles. The third-order valence-corrected chi connectivity index (χ3v) is 2.22. The van der Waals surface area contributed by atoms with Crippen LogP contribution in [0, 0.1) is 0 Å². The average Bonchev–Trinajstić information content (AvgIpc) is 2.37. The number of carboxylic acid groups (broad SMARTS) is 1. The molecule has 0 fully saturated rings. The highest BCUT2D eigenvalue weighted by atomic mass is 16.5. The number of ether oxygens (including phenoxy) is 1. The highest BCUT2D eigenvalue weighted by molar-refractivity contribution is 6.41. The van der Waals surface area contributed by atoms with Gasteiger partial charge in [0.25, 0.3) is 5.78 Å². The van der Waals surface area contributed by atoms with Crippen molar-refractivity contribution in [2.45, 2.75) is 6.92 Å². The van der Waals surface area contributed by atoms with Crippen molar-refractivity contribution in [3.63, 3.8) is 0 Å². The van der Waals surface area contributed by atoms with E-state index in [-0.39, 0.29) is 17.0 Å². The Bertz CT molecular complexity index is 548. The lowest BCUT2D eigenvalue weighted by Gasteiger charge is -2.08. The molecule has 0 heterocycles. The maximum absolute atomic E-state index is 11.5. The van der Waals surface area contributed by atoms with Gasteiger partial charge >= 0.3 is 5.97 Å². The van der Waals surface area contributed by atoms with Crippen LogP contribution in [-0.4, -0.2) is 29.8 Å². The first-order chi connectivity index (χ1) is 8.95. The number of benzene rings is 1. The van der Waals surface area contributed by atoms with E-state index in [1.165, 1.54) is 38.4 Å². The number of ketones is 2. The van der Waals surface area contributed by atoms with Crippen LogP contribution in [0.15, 0.2) is 30.5 Å². The molecule has 2 N–H and O–H groups in total. The van der Waals surface area contributed by atoms with Crippen molar-refractivity contribution in [1.82, 2.24) is 0 Å². The highest BCUT2D eigenvalue weighted by Gasteiger charge is 2.19. The van der Waals surface area contributed by atoms with Gasteiger partial charge in [-0.25, -0.2) is 4.79 Å². The maximum Gasteiger partial charge on any atom is 0.377 e. The first-order valence-corrected chi connectivity index (χ1v) is 5.35.